The van der Waals surface area contributed by atoms with Gasteiger partial charge < -0.3 is 9.84 Å². The molecule has 0 bridgehead atoms. The van der Waals surface area contributed by atoms with Gasteiger partial charge in [-0.1, -0.05) is 69.2 Å². The van der Waals surface area contributed by atoms with Crippen molar-refractivity contribution in [3.05, 3.63) is 48.0 Å². The van der Waals surface area contributed by atoms with Crippen molar-refractivity contribution in [3.63, 3.8) is 0 Å². The molecule has 0 spiro atoms. The van der Waals surface area contributed by atoms with Crippen LogP contribution < -0.4 is 39.4 Å². The molecule has 0 atom stereocenters. The Balaban J connectivity index is 0.00000392. The zero-order valence-corrected chi connectivity index (χ0v) is 19.5. The standard InChI is InChI=1S/C21H28O5S.Na/c1-2-3-4-5-6-7-8-11-17-14-15-18(16-19(17)22)26-20-12-9-10-13-21(20)27(23,24)25;/h9-10,12-16,22H,2-8,11H2,1H3,(H,23,24,25);/q;+1/p-1. The summed E-state index contributed by atoms with van der Waals surface area (Å²) in [5.41, 5.74) is 0.735. The largest absolute Gasteiger partial charge is 1.00 e. The number of ether oxygens (including phenoxy) is 1. The number of benzene rings is 2. The number of rotatable bonds is 11. The van der Waals surface area contributed by atoms with Crippen molar-refractivity contribution in [2.45, 2.75) is 63.2 Å². The first kappa shape index (κ1) is 25.0. The maximum absolute atomic E-state index is 12.3. The fourth-order valence-corrected chi connectivity index (χ4v) is 3.57. The van der Waals surface area contributed by atoms with Crippen LogP contribution in [0.3, 0.4) is 0 Å². The molecule has 0 unspecified atom stereocenters. The molecule has 2 aromatic carbocycles. The van der Waals surface area contributed by atoms with E-state index in [2.05, 4.69) is 6.92 Å². The average molecular weight is 414 g/mol. The maximum atomic E-state index is 12.3. The smallest absolute Gasteiger partial charge is 0.872 e. The molecule has 0 heterocycles. The molecule has 28 heavy (non-hydrogen) atoms. The van der Waals surface area contributed by atoms with Crippen LogP contribution in [0.4, 0.5) is 0 Å². The van der Waals surface area contributed by atoms with E-state index >= 15 is 0 Å². The van der Waals surface area contributed by atoms with Gasteiger partial charge >= 0.3 is 29.6 Å². The Labute approximate surface area is 190 Å². The second-order valence-corrected chi connectivity index (χ2v) is 8.05. The third-order valence-corrected chi connectivity index (χ3v) is 5.34. The first-order valence-electron chi connectivity index (χ1n) is 9.46. The normalized spacial score (nSPS) is 11.1. The minimum atomic E-state index is -4.40. The van der Waals surface area contributed by atoms with Crippen molar-refractivity contribution in [1.29, 1.82) is 0 Å². The van der Waals surface area contributed by atoms with Gasteiger partial charge in [-0.2, -0.15) is 8.42 Å². The number of aryl methyl sites for hydroxylation is 1. The molecule has 0 aliphatic heterocycles. The van der Waals surface area contributed by atoms with Crippen molar-refractivity contribution >= 4 is 10.1 Å². The van der Waals surface area contributed by atoms with Gasteiger partial charge in [-0.05, 0) is 37.1 Å². The molecule has 7 heteroatoms. The van der Waals surface area contributed by atoms with Gasteiger partial charge in [0.2, 0.25) is 0 Å². The third kappa shape index (κ3) is 8.13. The number of unbranched alkanes of at least 4 members (excludes halogenated alkanes) is 6. The average Bonchev–Trinajstić information content (AvgIpc) is 2.62. The Hall–Kier alpha value is -1.05. The summed E-state index contributed by atoms with van der Waals surface area (Å²) in [7, 11) is -4.40. The molecular formula is C21H27NaO5S. The van der Waals surface area contributed by atoms with E-state index < -0.39 is 10.1 Å². The summed E-state index contributed by atoms with van der Waals surface area (Å²) >= 11 is 0. The van der Waals surface area contributed by atoms with Crippen molar-refractivity contribution in [1.82, 2.24) is 0 Å². The molecule has 0 aromatic heterocycles. The topological polar surface area (TPSA) is 86.7 Å². The van der Waals surface area contributed by atoms with Crippen molar-refractivity contribution < 1.29 is 52.4 Å². The maximum Gasteiger partial charge on any atom is 1.00 e. The molecule has 0 saturated heterocycles. The molecular weight excluding hydrogens is 387 g/mol. The Morgan fingerprint density at radius 2 is 1.61 bits per heavy atom. The van der Waals surface area contributed by atoms with Crippen molar-refractivity contribution in [2.24, 2.45) is 0 Å². The summed E-state index contributed by atoms with van der Waals surface area (Å²) in [6.07, 6.45) is 9.07. The Morgan fingerprint density at radius 1 is 0.964 bits per heavy atom. The summed E-state index contributed by atoms with van der Waals surface area (Å²) < 4.78 is 37.6. The molecule has 5 nitrogen and oxygen atoms in total. The Bertz CT molecular complexity index is 836. The molecule has 0 radical (unpaired) electrons. The van der Waals surface area contributed by atoms with Crippen molar-refractivity contribution in [3.8, 4) is 17.2 Å². The van der Waals surface area contributed by atoms with Crippen LogP contribution in [0.2, 0.25) is 0 Å². The van der Waals surface area contributed by atoms with E-state index in [9.17, 15) is 18.1 Å². The Kier molecular flexibility index (Phi) is 11.2. The summed E-state index contributed by atoms with van der Waals surface area (Å²) in [5.74, 6) is 0.112. The van der Waals surface area contributed by atoms with Crippen LogP contribution >= 0.6 is 0 Å². The fraction of sp³-hybridized carbons (Fsp3) is 0.429. The van der Waals surface area contributed by atoms with E-state index in [1.165, 1.54) is 56.4 Å². The van der Waals surface area contributed by atoms with Crippen LogP contribution in [0.25, 0.3) is 0 Å². The van der Waals surface area contributed by atoms with Crippen molar-refractivity contribution in [2.75, 3.05) is 0 Å². The van der Waals surface area contributed by atoms with Crippen LogP contribution in [0.15, 0.2) is 47.4 Å². The summed E-state index contributed by atoms with van der Waals surface area (Å²) in [5, 5.41) is 12.3. The third-order valence-electron chi connectivity index (χ3n) is 4.44. The van der Waals surface area contributed by atoms with Gasteiger partial charge in [-0.3, -0.25) is 4.55 Å². The summed E-state index contributed by atoms with van der Waals surface area (Å²) in [6, 6.07) is 10.5. The zero-order chi connectivity index (χ0) is 19.7. The first-order valence-corrected chi connectivity index (χ1v) is 10.9. The van der Waals surface area contributed by atoms with E-state index in [1.807, 2.05) is 0 Å². The van der Waals surface area contributed by atoms with Gasteiger partial charge in [-0.15, -0.1) is 5.75 Å². The van der Waals surface area contributed by atoms with Gasteiger partial charge in [-0.25, -0.2) is 0 Å². The molecule has 0 saturated carbocycles. The fourth-order valence-electron chi connectivity index (χ4n) is 2.95. The van der Waals surface area contributed by atoms with Crippen LogP contribution in [-0.4, -0.2) is 13.0 Å². The Morgan fingerprint density at radius 3 is 2.25 bits per heavy atom. The molecule has 0 amide bonds. The monoisotopic (exact) mass is 414 g/mol. The van der Waals surface area contributed by atoms with Gasteiger partial charge in [0.25, 0.3) is 10.1 Å². The van der Waals surface area contributed by atoms with Gasteiger partial charge in [0.1, 0.15) is 16.4 Å². The SMILES string of the molecule is CCCCCCCCCc1ccc(Oc2ccccc2S(=O)(=O)O)cc1[O-].[Na+]. The predicted octanol–water partition coefficient (Wildman–Crippen LogP) is 2.10. The minimum absolute atomic E-state index is 0. The molecule has 1 N–H and O–H groups in total. The second kappa shape index (κ2) is 12.5. The number of para-hydroxylation sites is 1. The number of hydrogen-bond acceptors (Lipinski definition) is 4. The molecule has 0 aliphatic carbocycles. The quantitative estimate of drug-likeness (QED) is 0.346. The van der Waals surface area contributed by atoms with Crippen LogP contribution in [-0.2, 0) is 16.5 Å². The molecule has 148 valence electrons. The number of hydrogen-bond donors (Lipinski definition) is 1. The predicted molar refractivity (Wildman–Crippen MR) is 104 cm³/mol. The van der Waals surface area contributed by atoms with E-state index in [-0.39, 0.29) is 51.7 Å². The van der Waals surface area contributed by atoms with Gasteiger partial charge in [0.05, 0.1) is 0 Å². The molecule has 0 aliphatic rings. The van der Waals surface area contributed by atoms with Crippen LogP contribution in [0.1, 0.15) is 57.4 Å². The summed E-state index contributed by atoms with van der Waals surface area (Å²) in [4.78, 5) is -0.329. The van der Waals surface area contributed by atoms with E-state index in [0.29, 0.717) is 0 Å². The molecule has 2 rings (SSSR count). The van der Waals surface area contributed by atoms with Gasteiger partial charge in [0.15, 0.2) is 0 Å². The zero-order valence-electron chi connectivity index (χ0n) is 16.7. The van der Waals surface area contributed by atoms with E-state index in [4.69, 9.17) is 4.74 Å². The van der Waals surface area contributed by atoms with E-state index in [0.717, 1.165) is 24.8 Å². The first-order chi connectivity index (χ1) is 12.9. The second-order valence-electron chi connectivity index (χ2n) is 6.66. The van der Waals surface area contributed by atoms with Crippen LogP contribution in [0, 0.1) is 0 Å². The van der Waals surface area contributed by atoms with Crippen LogP contribution in [0.5, 0.6) is 17.2 Å². The summed E-state index contributed by atoms with van der Waals surface area (Å²) in [6.45, 7) is 2.20. The van der Waals surface area contributed by atoms with Gasteiger partial charge in [0, 0.05) is 0 Å². The molecule has 0 fully saturated rings. The molecule has 2 aromatic rings. The van der Waals surface area contributed by atoms with E-state index in [1.54, 1.807) is 18.2 Å². The minimum Gasteiger partial charge on any atom is -0.872 e.